The van der Waals surface area contributed by atoms with Crippen molar-refractivity contribution in [1.82, 2.24) is 0 Å². The fourth-order valence-electron chi connectivity index (χ4n) is 2.10. The maximum absolute atomic E-state index is 12.1. The van der Waals surface area contributed by atoms with E-state index in [4.69, 9.17) is 4.74 Å². The van der Waals surface area contributed by atoms with Gasteiger partial charge in [-0.1, -0.05) is 52.8 Å². The van der Waals surface area contributed by atoms with Crippen LogP contribution in [-0.4, -0.2) is 12.6 Å². The number of para-hydroxylation sites is 1. The number of carbonyl (C=O) groups excluding carboxylic acids is 1. The normalized spacial score (nSPS) is 11.5. The molecule has 2 aromatic carbocycles. The van der Waals surface area contributed by atoms with Gasteiger partial charge in [-0.25, -0.2) is 4.79 Å². The molecule has 1 atom stereocenters. The van der Waals surface area contributed by atoms with Crippen LogP contribution in [0.4, 0.5) is 5.69 Å². The molecule has 22 heavy (non-hydrogen) atoms. The van der Waals surface area contributed by atoms with Gasteiger partial charge in [0.2, 0.25) is 0 Å². The van der Waals surface area contributed by atoms with Crippen LogP contribution in [0.15, 0.2) is 71.2 Å². The third-order valence-corrected chi connectivity index (χ3v) is 3.65. The quantitative estimate of drug-likeness (QED) is 0.598. The van der Waals surface area contributed by atoms with Crippen molar-refractivity contribution in [2.75, 3.05) is 11.9 Å². The van der Waals surface area contributed by atoms with Crippen molar-refractivity contribution in [3.63, 3.8) is 0 Å². The second-order valence-corrected chi connectivity index (χ2v) is 5.66. The SMILES string of the molecule is C=C(C(=O)OCC)C(Nc1ccccc1)c1cccc(Br)c1. The molecule has 0 spiro atoms. The van der Waals surface area contributed by atoms with Crippen LogP contribution in [0.25, 0.3) is 0 Å². The van der Waals surface area contributed by atoms with Gasteiger partial charge >= 0.3 is 5.97 Å². The minimum absolute atomic E-state index is 0.328. The first kappa shape index (κ1) is 16.3. The van der Waals surface area contributed by atoms with E-state index in [1.165, 1.54) is 0 Å². The number of benzene rings is 2. The van der Waals surface area contributed by atoms with E-state index in [2.05, 4.69) is 27.8 Å². The Hall–Kier alpha value is -2.07. The Balaban J connectivity index is 2.32. The Morgan fingerprint density at radius 1 is 1.23 bits per heavy atom. The Labute approximate surface area is 139 Å². The van der Waals surface area contributed by atoms with Crippen LogP contribution in [0.3, 0.4) is 0 Å². The highest BCUT2D eigenvalue weighted by atomic mass is 79.9. The summed E-state index contributed by atoms with van der Waals surface area (Å²) in [5, 5.41) is 3.34. The maximum Gasteiger partial charge on any atom is 0.335 e. The van der Waals surface area contributed by atoms with E-state index in [0.717, 1.165) is 15.7 Å². The number of nitrogens with one attached hydrogen (secondary N) is 1. The van der Waals surface area contributed by atoms with E-state index < -0.39 is 5.97 Å². The lowest BCUT2D eigenvalue weighted by atomic mass is 9.99. The van der Waals surface area contributed by atoms with Gasteiger partial charge in [0.1, 0.15) is 0 Å². The van der Waals surface area contributed by atoms with Gasteiger partial charge in [0.05, 0.1) is 18.2 Å². The summed E-state index contributed by atoms with van der Waals surface area (Å²) < 4.78 is 6.03. The number of rotatable bonds is 6. The molecule has 0 aromatic heterocycles. The summed E-state index contributed by atoms with van der Waals surface area (Å²) in [5.74, 6) is -0.393. The lowest BCUT2D eigenvalue weighted by Crippen LogP contribution is -2.20. The predicted molar refractivity (Wildman–Crippen MR) is 92.7 cm³/mol. The summed E-state index contributed by atoms with van der Waals surface area (Å²) in [6.07, 6.45) is 0. The smallest absolute Gasteiger partial charge is 0.335 e. The first-order valence-electron chi connectivity index (χ1n) is 7.04. The van der Waals surface area contributed by atoms with E-state index >= 15 is 0 Å². The lowest BCUT2D eigenvalue weighted by molar-refractivity contribution is -0.138. The number of hydrogen-bond acceptors (Lipinski definition) is 3. The van der Waals surface area contributed by atoms with Crippen molar-refractivity contribution in [3.8, 4) is 0 Å². The van der Waals surface area contributed by atoms with Crippen molar-refractivity contribution in [2.45, 2.75) is 13.0 Å². The molecule has 0 aliphatic rings. The summed E-state index contributed by atoms with van der Waals surface area (Å²) in [6, 6.07) is 17.2. The third-order valence-electron chi connectivity index (χ3n) is 3.15. The van der Waals surface area contributed by atoms with Crippen molar-refractivity contribution < 1.29 is 9.53 Å². The summed E-state index contributed by atoms with van der Waals surface area (Å²) in [6.45, 7) is 6.03. The van der Waals surface area contributed by atoms with Gasteiger partial charge in [-0.15, -0.1) is 0 Å². The van der Waals surface area contributed by atoms with Crippen LogP contribution in [-0.2, 0) is 9.53 Å². The van der Waals surface area contributed by atoms with Gasteiger partial charge in [0.25, 0.3) is 0 Å². The van der Waals surface area contributed by atoms with Gasteiger partial charge < -0.3 is 10.1 Å². The van der Waals surface area contributed by atoms with Gasteiger partial charge in [0.15, 0.2) is 0 Å². The number of anilines is 1. The van der Waals surface area contributed by atoms with Crippen LogP contribution in [0.2, 0.25) is 0 Å². The number of hydrogen-bond donors (Lipinski definition) is 1. The molecule has 0 amide bonds. The lowest BCUT2D eigenvalue weighted by Gasteiger charge is -2.22. The van der Waals surface area contributed by atoms with Crippen molar-refractivity contribution in [3.05, 3.63) is 76.8 Å². The first-order valence-corrected chi connectivity index (χ1v) is 7.84. The Morgan fingerprint density at radius 2 is 1.95 bits per heavy atom. The highest BCUT2D eigenvalue weighted by Gasteiger charge is 2.22. The van der Waals surface area contributed by atoms with E-state index in [1.54, 1.807) is 6.92 Å². The van der Waals surface area contributed by atoms with Gasteiger partial charge in [-0.3, -0.25) is 0 Å². The molecule has 0 heterocycles. The Kier molecular flexibility index (Phi) is 5.78. The van der Waals surface area contributed by atoms with Gasteiger partial charge in [0, 0.05) is 10.2 Å². The summed E-state index contributed by atoms with van der Waals surface area (Å²) >= 11 is 3.46. The molecule has 114 valence electrons. The molecule has 0 saturated carbocycles. The second kappa shape index (κ2) is 7.80. The van der Waals surface area contributed by atoms with Gasteiger partial charge in [-0.2, -0.15) is 0 Å². The van der Waals surface area contributed by atoms with Crippen LogP contribution in [0, 0.1) is 0 Å². The molecule has 0 saturated heterocycles. The summed E-state index contributed by atoms with van der Waals surface area (Å²) in [4.78, 5) is 12.1. The molecule has 0 radical (unpaired) electrons. The molecule has 0 fully saturated rings. The topological polar surface area (TPSA) is 38.3 Å². The molecule has 2 rings (SSSR count). The molecule has 0 aliphatic carbocycles. The zero-order valence-electron chi connectivity index (χ0n) is 12.4. The van der Waals surface area contributed by atoms with Crippen molar-refractivity contribution in [2.24, 2.45) is 0 Å². The highest BCUT2D eigenvalue weighted by Crippen LogP contribution is 2.28. The van der Waals surface area contributed by atoms with Gasteiger partial charge in [-0.05, 0) is 36.8 Å². The van der Waals surface area contributed by atoms with E-state index in [-0.39, 0.29) is 6.04 Å². The average Bonchev–Trinajstić information content (AvgIpc) is 2.53. The number of esters is 1. The zero-order chi connectivity index (χ0) is 15.9. The van der Waals surface area contributed by atoms with E-state index in [9.17, 15) is 4.79 Å². The number of halogens is 1. The average molecular weight is 360 g/mol. The zero-order valence-corrected chi connectivity index (χ0v) is 14.0. The number of ether oxygens (including phenoxy) is 1. The predicted octanol–water partition coefficient (Wildman–Crippen LogP) is 4.72. The molecular formula is C18H18BrNO2. The monoisotopic (exact) mass is 359 g/mol. The Bertz CT molecular complexity index is 655. The minimum Gasteiger partial charge on any atom is -0.463 e. The molecule has 4 heteroatoms. The Morgan fingerprint density at radius 3 is 2.59 bits per heavy atom. The molecule has 1 N–H and O–H groups in total. The molecule has 2 aromatic rings. The first-order chi connectivity index (χ1) is 10.6. The summed E-state index contributed by atoms with van der Waals surface area (Å²) in [5.41, 5.74) is 2.23. The maximum atomic E-state index is 12.1. The second-order valence-electron chi connectivity index (χ2n) is 4.74. The number of carbonyl (C=O) groups is 1. The fraction of sp³-hybridized carbons (Fsp3) is 0.167. The van der Waals surface area contributed by atoms with Crippen LogP contribution in [0.1, 0.15) is 18.5 Å². The molecule has 0 bridgehead atoms. The summed E-state index contributed by atoms with van der Waals surface area (Å²) in [7, 11) is 0. The standard InChI is InChI=1S/C18H18BrNO2/c1-3-22-18(21)13(2)17(14-8-7-9-15(19)12-14)20-16-10-5-4-6-11-16/h4-12,17,20H,2-3H2,1H3. The fourth-order valence-corrected chi connectivity index (χ4v) is 2.52. The molecular weight excluding hydrogens is 342 g/mol. The molecule has 3 nitrogen and oxygen atoms in total. The largest absolute Gasteiger partial charge is 0.463 e. The van der Waals surface area contributed by atoms with Crippen LogP contribution >= 0.6 is 15.9 Å². The van der Waals surface area contributed by atoms with E-state index in [1.807, 2.05) is 54.6 Å². The van der Waals surface area contributed by atoms with Crippen molar-refractivity contribution in [1.29, 1.82) is 0 Å². The molecule has 1 unspecified atom stereocenters. The highest BCUT2D eigenvalue weighted by molar-refractivity contribution is 9.10. The van der Waals surface area contributed by atoms with Crippen LogP contribution < -0.4 is 5.32 Å². The van der Waals surface area contributed by atoms with Crippen LogP contribution in [0.5, 0.6) is 0 Å². The minimum atomic E-state index is -0.393. The van der Waals surface area contributed by atoms with E-state index in [0.29, 0.717) is 12.2 Å². The van der Waals surface area contributed by atoms with Crippen molar-refractivity contribution >= 4 is 27.6 Å². The molecule has 0 aliphatic heterocycles. The third kappa shape index (κ3) is 4.21.